The Morgan fingerprint density at radius 2 is 1.00 bits per heavy atom. The Bertz CT molecular complexity index is 1130. The third-order valence-electron chi connectivity index (χ3n) is 8.58. The molecule has 0 aromatic carbocycles. The van der Waals surface area contributed by atoms with E-state index in [1.54, 1.807) is 0 Å². The highest BCUT2D eigenvalue weighted by atomic mass is 31.2. The summed E-state index contributed by atoms with van der Waals surface area (Å²) in [6.45, 7) is 3.54. The van der Waals surface area contributed by atoms with E-state index in [2.05, 4.69) is 86.8 Å². The van der Waals surface area contributed by atoms with Crippen LogP contribution < -0.4 is 5.73 Å². The van der Waals surface area contributed by atoms with Crippen LogP contribution in [0.25, 0.3) is 0 Å². The van der Waals surface area contributed by atoms with E-state index in [0.717, 1.165) is 89.9 Å². The summed E-state index contributed by atoms with van der Waals surface area (Å²) in [4.78, 5) is 34.9. The average molecular weight is 792 g/mol. The zero-order valence-corrected chi connectivity index (χ0v) is 35.5. The summed E-state index contributed by atoms with van der Waals surface area (Å²) in [6.07, 6.45) is 49.2. The Morgan fingerprint density at radius 1 is 0.564 bits per heavy atom. The molecule has 0 saturated carbocycles. The maximum Gasteiger partial charge on any atom is 0.472 e. The van der Waals surface area contributed by atoms with Crippen molar-refractivity contribution in [2.75, 3.05) is 26.4 Å². The highest BCUT2D eigenvalue weighted by Gasteiger charge is 2.26. The van der Waals surface area contributed by atoms with Crippen molar-refractivity contribution in [1.82, 2.24) is 0 Å². The number of hydrogen-bond donors (Lipinski definition) is 2. The lowest BCUT2D eigenvalue weighted by molar-refractivity contribution is -0.161. The maximum absolute atomic E-state index is 12.6. The Balaban J connectivity index is 4.23. The summed E-state index contributed by atoms with van der Waals surface area (Å²) in [5.41, 5.74) is 5.34. The molecule has 55 heavy (non-hydrogen) atoms. The van der Waals surface area contributed by atoms with Gasteiger partial charge in [-0.3, -0.25) is 18.6 Å². The van der Waals surface area contributed by atoms with Crippen LogP contribution in [0.1, 0.15) is 168 Å². The van der Waals surface area contributed by atoms with Crippen LogP contribution in [0.4, 0.5) is 0 Å². The molecule has 2 atom stereocenters. The third kappa shape index (κ3) is 40.9. The summed E-state index contributed by atoms with van der Waals surface area (Å²) in [5, 5.41) is 0. The SMILES string of the molecule is CC/C=C\C/C=C\C/C=C\C/C=C\CCCCCCC(=O)O[C@H](COC(=O)CCCCCCCCC/C=C\C/C=C\CCCCC)COP(=O)(O)OCCN. The molecule has 0 aliphatic rings. The number of allylic oxidation sites excluding steroid dienone is 12. The van der Waals surface area contributed by atoms with Crippen molar-refractivity contribution in [1.29, 1.82) is 0 Å². The summed E-state index contributed by atoms with van der Waals surface area (Å²) in [7, 11) is -4.39. The van der Waals surface area contributed by atoms with Crippen LogP contribution in [0.3, 0.4) is 0 Å². The maximum atomic E-state index is 12.6. The van der Waals surface area contributed by atoms with Gasteiger partial charge < -0.3 is 20.1 Å². The lowest BCUT2D eigenvalue weighted by atomic mass is 10.1. The van der Waals surface area contributed by atoms with E-state index in [1.807, 2.05) is 0 Å². The number of ether oxygens (including phenoxy) is 2. The minimum absolute atomic E-state index is 0.0442. The molecule has 1 unspecified atom stereocenters. The van der Waals surface area contributed by atoms with Gasteiger partial charge in [-0.15, -0.1) is 0 Å². The number of carbonyl (C=O) groups is 2. The Morgan fingerprint density at radius 3 is 1.49 bits per heavy atom. The van der Waals surface area contributed by atoms with Gasteiger partial charge in [0.2, 0.25) is 0 Å². The van der Waals surface area contributed by atoms with Crippen LogP contribution in [-0.4, -0.2) is 49.3 Å². The molecule has 9 nitrogen and oxygen atoms in total. The molecule has 0 saturated heterocycles. The highest BCUT2D eigenvalue weighted by molar-refractivity contribution is 7.47. The number of nitrogens with two attached hydrogens (primary N) is 1. The van der Waals surface area contributed by atoms with Gasteiger partial charge in [0.1, 0.15) is 6.61 Å². The van der Waals surface area contributed by atoms with Crippen LogP contribution in [0.2, 0.25) is 0 Å². The standard InChI is InChI=1S/C45H78NO8P/c1-3-5-7-9-11-13-15-17-19-21-23-25-27-29-31-33-35-37-44(47)51-41-43(42-53-55(49,50)52-40-39-46)54-45(48)38-36-34-32-30-28-26-24-22-20-18-16-14-12-10-8-6-4-2/h6,8,11-14,17-20,24,26,43H,3-5,7,9-10,15-16,21-23,25,27-42,46H2,1-2H3,(H,49,50)/b8-6-,13-11-,14-12-,19-17-,20-18-,26-24-/t43-/m1/s1. The average Bonchev–Trinajstić information content (AvgIpc) is 3.17. The number of phosphoric ester groups is 1. The topological polar surface area (TPSA) is 134 Å². The van der Waals surface area contributed by atoms with Crippen molar-refractivity contribution in [2.45, 2.75) is 174 Å². The van der Waals surface area contributed by atoms with Gasteiger partial charge in [-0.05, 0) is 83.5 Å². The molecule has 0 aromatic rings. The number of phosphoric acid groups is 1. The first kappa shape index (κ1) is 52.5. The number of unbranched alkanes of at least 4 members (excludes halogenated alkanes) is 14. The second-order valence-electron chi connectivity index (χ2n) is 13.8. The first-order valence-electron chi connectivity index (χ1n) is 21.4. The molecule has 0 aliphatic heterocycles. The van der Waals surface area contributed by atoms with Gasteiger partial charge in [0.05, 0.1) is 13.2 Å². The Kier molecular flexibility index (Phi) is 39.2. The van der Waals surface area contributed by atoms with Crippen molar-refractivity contribution in [3.05, 3.63) is 72.9 Å². The molecule has 0 radical (unpaired) electrons. The summed E-state index contributed by atoms with van der Waals surface area (Å²) in [5.74, 6) is -0.871. The van der Waals surface area contributed by atoms with E-state index in [9.17, 15) is 19.0 Å². The molecule has 0 spiro atoms. The summed E-state index contributed by atoms with van der Waals surface area (Å²) < 4.78 is 32.7. The van der Waals surface area contributed by atoms with E-state index < -0.39 is 32.5 Å². The molecular weight excluding hydrogens is 713 g/mol. The van der Waals surface area contributed by atoms with Crippen molar-refractivity contribution in [3.8, 4) is 0 Å². The van der Waals surface area contributed by atoms with Crippen LogP contribution in [0.5, 0.6) is 0 Å². The molecule has 316 valence electrons. The number of hydrogen-bond acceptors (Lipinski definition) is 8. The molecule has 3 N–H and O–H groups in total. The fourth-order valence-corrected chi connectivity index (χ4v) is 6.18. The molecular formula is C45H78NO8P. The minimum Gasteiger partial charge on any atom is -0.462 e. The number of rotatable bonds is 39. The van der Waals surface area contributed by atoms with Crippen molar-refractivity contribution < 1.29 is 37.6 Å². The molecule has 0 rings (SSSR count). The zero-order chi connectivity index (χ0) is 40.3. The predicted octanol–water partition coefficient (Wildman–Crippen LogP) is 12.3. The smallest absolute Gasteiger partial charge is 0.462 e. The highest BCUT2D eigenvalue weighted by Crippen LogP contribution is 2.43. The second-order valence-corrected chi connectivity index (χ2v) is 15.3. The van der Waals surface area contributed by atoms with Crippen molar-refractivity contribution in [2.24, 2.45) is 5.73 Å². The fourth-order valence-electron chi connectivity index (χ4n) is 5.42. The van der Waals surface area contributed by atoms with E-state index >= 15 is 0 Å². The fraction of sp³-hybridized carbons (Fsp3) is 0.689. The lowest BCUT2D eigenvalue weighted by Crippen LogP contribution is -2.29. The van der Waals surface area contributed by atoms with Gasteiger partial charge in [-0.2, -0.15) is 0 Å². The van der Waals surface area contributed by atoms with Crippen LogP contribution in [-0.2, 0) is 32.7 Å². The van der Waals surface area contributed by atoms with Gasteiger partial charge in [-0.25, -0.2) is 4.57 Å². The van der Waals surface area contributed by atoms with Crippen molar-refractivity contribution >= 4 is 19.8 Å². The second kappa shape index (κ2) is 41.1. The predicted molar refractivity (Wildman–Crippen MR) is 229 cm³/mol. The van der Waals surface area contributed by atoms with E-state index in [0.29, 0.717) is 6.42 Å². The largest absolute Gasteiger partial charge is 0.472 e. The first-order valence-corrected chi connectivity index (χ1v) is 22.9. The van der Waals surface area contributed by atoms with E-state index in [1.165, 1.54) is 44.9 Å². The van der Waals surface area contributed by atoms with E-state index in [-0.39, 0.29) is 32.6 Å². The summed E-state index contributed by atoms with van der Waals surface area (Å²) >= 11 is 0. The Labute approximate surface area is 335 Å². The molecule has 10 heteroatoms. The van der Waals surface area contributed by atoms with Gasteiger partial charge in [0, 0.05) is 19.4 Å². The first-order chi connectivity index (χ1) is 26.8. The Hall–Kier alpha value is -2.55. The minimum atomic E-state index is -4.39. The monoisotopic (exact) mass is 792 g/mol. The third-order valence-corrected chi connectivity index (χ3v) is 9.56. The van der Waals surface area contributed by atoms with Gasteiger partial charge >= 0.3 is 19.8 Å². The normalized spacial score (nSPS) is 14.0. The van der Waals surface area contributed by atoms with Gasteiger partial charge in [0.25, 0.3) is 0 Å². The lowest BCUT2D eigenvalue weighted by Gasteiger charge is -2.19. The quantitative estimate of drug-likeness (QED) is 0.0270. The number of carbonyl (C=O) groups excluding carboxylic acids is 2. The molecule has 0 bridgehead atoms. The van der Waals surface area contributed by atoms with Crippen LogP contribution >= 0.6 is 7.82 Å². The molecule has 0 fully saturated rings. The zero-order valence-electron chi connectivity index (χ0n) is 34.6. The molecule has 0 heterocycles. The van der Waals surface area contributed by atoms with E-state index in [4.69, 9.17) is 24.3 Å². The summed E-state index contributed by atoms with van der Waals surface area (Å²) in [6, 6.07) is 0. The molecule has 0 aromatic heterocycles. The van der Waals surface area contributed by atoms with Crippen molar-refractivity contribution in [3.63, 3.8) is 0 Å². The van der Waals surface area contributed by atoms with Gasteiger partial charge in [-0.1, -0.05) is 145 Å². The molecule has 0 aliphatic carbocycles. The van der Waals surface area contributed by atoms with Gasteiger partial charge in [0.15, 0.2) is 6.10 Å². The van der Waals surface area contributed by atoms with Crippen LogP contribution in [0.15, 0.2) is 72.9 Å². The van der Waals surface area contributed by atoms with Crippen LogP contribution in [0, 0.1) is 0 Å². The molecule has 0 amide bonds. The number of esters is 2.